The van der Waals surface area contributed by atoms with Gasteiger partial charge in [0.2, 0.25) is 5.91 Å². The van der Waals surface area contributed by atoms with Crippen LogP contribution in [0.5, 0.6) is 0 Å². The summed E-state index contributed by atoms with van der Waals surface area (Å²) in [6, 6.07) is 9.46. The Morgan fingerprint density at radius 1 is 1.12 bits per heavy atom. The maximum absolute atomic E-state index is 12.5. The number of nitro benzene ring substituents is 1. The van der Waals surface area contributed by atoms with Crippen molar-refractivity contribution in [1.82, 2.24) is 0 Å². The van der Waals surface area contributed by atoms with Crippen LogP contribution in [0.15, 0.2) is 36.4 Å². The van der Waals surface area contributed by atoms with E-state index in [0.717, 1.165) is 36.2 Å². The molecule has 2 aliphatic rings. The van der Waals surface area contributed by atoms with E-state index in [0.29, 0.717) is 18.5 Å². The smallest absolute Gasteiger partial charge is 0.270 e. The van der Waals surface area contributed by atoms with E-state index in [1.807, 2.05) is 17.0 Å². The van der Waals surface area contributed by atoms with Gasteiger partial charge in [0.25, 0.3) is 11.6 Å². The molecule has 2 aliphatic heterocycles. The van der Waals surface area contributed by atoms with Gasteiger partial charge in [-0.15, -0.1) is 0 Å². The van der Waals surface area contributed by atoms with E-state index in [1.54, 1.807) is 6.07 Å². The molecule has 7 heteroatoms. The third-order valence-electron chi connectivity index (χ3n) is 4.85. The summed E-state index contributed by atoms with van der Waals surface area (Å²) in [7, 11) is 0. The van der Waals surface area contributed by atoms with Gasteiger partial charge in [-0.1, -0.05) is 6.07 Å². The quantitative estimate of drug-likeness (QED) is 0.679. The Hall–Kier alpha value is -3.22. The Labute approximate surface area is 149 Å². The van der Waals surface area contributed by atoms with Crippen molar-refractivity contribution in [3.8, 4) is 0 Å². The number of nitrogens with zero attached hydrogens (tertiary/aromatic N) is 2. The van der Waals surface area contributed by atoms with Gasteiger partial charge in [-0.25, -0.2) is 0 Å². The van der Waals surface area contributed by atoms with Crippen molar-refractivity contribution in [3.05, 3.63) is 63.2 Å². The first-order valence-electron chi connectivity index (χ1n) is 8.55. The molecule has 0 atom stereocenters. The lowest BCUT2D eigenvalue weighted by atomic mass is 9.91. The minimum absolute atomic E-state index is 0.118. The van der Waals surface area contributed by atoms with Crippen LogP contribution in [0.3, 0.4) is 0 Å². The van der Waals surface area contributed by atoms with Gasteiger partial charge >= 0.3 is 0 Å². The molecular weight excluding hydrogens is 334 g/mol. The number of hydrogen-bond donors (Lipinski definition) is 1. The standard InChI is InChI=1S/C19H17N3O4/c23-17-7-6-13-10-15(9-12-4-2-8-21(17)18(12)13)20-19(24)14-3-1-5-16(11-14)22(25)26/h1,3,5,9-11H,2,4,6-8H2,(H,20,24). The fraction of sp³-hybridized carbons (Fsp3) is 0.263. The van der Waals surface area contributed by atoms with Crippen LogP contribution in [0.2, 0.25) is 0 Å². The molecule has 7 nitrogen and oxygen atoms in total. The van der Waals surface area contributed by atoms with Gasteiger partial charge in [0.15, 0.2) is 0 Å². The second-order valence-electron chi connectivity index (χ2n) is 6.55. The number of anilines is 2. The molecule has 0 aliphatic carbocycles. The zero-order valence-corrected chi connectivity index (χ0v) is 14.0. The molecule has 26 heavy (non-hydrogen) atoms. The third kappa shape index (κ3) is 2.81. The predicted octanol–water partition coefficient (Wildman–Crippen LogP) is 3.07. The fourth-order valence-corrected chi connectivity index (χ4v) is 3.69. The highest BCUT2D eigenvalue weighted by molar-refractivity contribution is 6.05. The highest BCUT2D eigenvalue weighted by atomic mass is 16.6. The van der Waals surface area contributed by atoms with Crippen LogP contribution in [-0.2, 0) is 17.6 Å². The van der Waals surface area contributed by atoms with Crippen LogP contribution >= 0.6 is 0 Å². The monoisotopic (exact) mass is 351 g/mol. The van der Waals surface area contributed by atoms with Gasteiger partial charge in [-0.05, 0) is 48.6 Å². The number of nitro groups is 1. The number of hydrogen-bond acceptors (Lipinski definition) is 4. The Kier molecular flexibility index (Phi) is 3.91. The van der Waals surface area contributed by atoms with Crippen molar-refractivity contribution in [3.63, 3.8) is 0 Å². The Bertz CT molecular complexity index is 921. The summed E-state index contributed by atoms with van der Waals surface area (Å²) in [5.41, 5.74) is 3.91. The predicted molar refractivity (Wildman–Crippen MR) is 96.5 cm³/mol. The first kappa shape index (κ1) is 16.3. The molecule has 0 fully saturated rings. The molecule has 2 amide bonds. The SMILES string of the molecule is O=C(Nc1cc2c3c(c1)CCC(=O)N3CCC2)c1cccc([N+](=O)[O-])c1. The molecule has 0 aromatic heterocycles. The number of carbonyl (C=O) groups is 2. The summed E-state index contributed by atoms with van der Waals surface area (Å²) < 4.78 is 0. The lowest BCUT2D eigenvalue weighted by Gasteiger charge is -2.35. The van der Waals surface area contributed by atoms with Crippen LogP contribution in [-0.4, -0.2) is 23.3 Å². The number of nitrogens with one attached hydrogen (secondary N) is 1. The molecule has 132 valence electrons. The molecule has 0 unspecified atom stereocenters. The first-order valence-corrected chi connectivity index (χ1v) is 8.55. The highest BCUT2D eigenvalue weighted by Gasteiger charge is 2.29. The van der Waals surface area contributed by atoms with Crippen molar-refractivity contribution in [2.45, 2.75) is 25.7 Å². The van der Waals surface area contributed by atoms with Gasteiger partial charge in [0.1, 0.15) is 0 Å². The van der Waals surface area contributed by atoms with E-state index < -0.39 is 4.92 Å². The highest BCUT2D eigenvalue weighted by Crippen LogP contribution is 2.38. The minimum Gasteiger partial charge on any atom is -0.322 e. The van der Waals surface area contributed by atoms with Gasteiger partial charge in [-0.2, -0.15) is 0 Å². The van der Waals surface area contributed by atoms with E-state index in [2.05, 4.69) is 5.32 Å². The number of non-ortho nitro benzene ring substituents is 1. The second kappa shape index (κ2) is 6.25. The van der Waals surface area contributed by atoms with Gasteiger partial charge in [-0.3, -0.25) is 19.7 Å². The number of aryl methyl sites for hydroxylation is 2. The number of carbonyl (C=O) groups excluding carboxylic acids is 2. The van der Waals surface area contributed by atoms with E-state index >= 15 is 0 Å². The van der Waals surface area contributed by atoms with Crippen LogP contribution in [0.25, 0.3) is 0 Å². The molecule has 4 rings (SSSR count). The zero-order chi connectivity index (χ0) is 18.3. The molecule has 0 spiro atoms. The Morgan fingerprint density at radius 3 is 2.65 bits per heavy atom. The molecule has 0 radical (unpaired) electrons. The van der Waals surface area contributed by atoms with E-state index in [4.69, 9.17) is 0 Å². The molecule has 2 aromatic rings. The van der Waals surface area contributed by atoms with Gasteiger partial charge in [0, 0.05) is 36.3 Å². The van der Waals surface area contributed by atoms with Crippen LogP contribution < -0.4 is 10.2 Å². The molecule has 2 aromatic carbocycles. The Balaban J connectivity index is 1.63. The molecule has 0 saturated carbocycles. The number of amides is 2. The maximum Gasteiger partial charge on any atom is 0.270 e. The molecule has 0 saturated heterocycles. The molecular formula is C19H17N3O4. The molecule has 0 bridgehead atoms. The fourth-order valence-electron chi connectivity index (χ4n) is 3.69. The van der Waals surface area contributed by atoms with E-state index in [1.165, 1.54) is 18.2 Å². The minimum atomic E-state index is -0.522. The number of benzene rings is 2. The number of rotatable bonds is 3. The van der Waals surface area contributed by atoms with Gasteiger partial charge < -0.3 is 10.2 Å². The van der Waals surface area contributed by atoms with E-state index in [-0.39, 0.29) is 23.1 Å². The van der Waals surface area contributed by atoms with Crippen molar-refractivity contribution in [1.29, 1.82) is 0 Å². The lowest BCUT2D eigenvalue weighted by Crippen LogP contribution is -2.39. The van der Waals surface area contributed by atoms with Crippen molar-refractivity contribution < 1.29 is 14.5 Å². The lowest BCUT2D eigenvalue weighted by molar-refractivity contribution is -0.384. The summed E-state index contributed by atoms with van der Waals surface area (Å²) >= 11 is 0. The van der Waals surface area contributed by atoms with Crippen molar-refractivity contribution in [2.75, 3.05) is 16.8 Å². The summed E-state index contributed by atoms with van der Waals surface area (Å²) in [6.07, 6.45) is 2.92. The third-order valence-corrected chi connectivity index (χ3v) is 4.85. The summed E-state index contributed by atoms with van der Waals surface area (Å²) in [5, 5.41) is 13.7. The Morgan fingerprint density at radius 2 is 1.88 bits per heavy atom. The summed E-state index contributed by atoms with van der Waals surface area (Å²) in [6.45, 7) is 0.748. The largest absolute Gasteiger partial charge is 0.322 e. The van der Waals surface area contributed by atoms with Crippen LogP contribution in [0.4, 0.5) is 17.1 Å². The van der Waals surface area contributed by atoms with Gasteiger partial charge in [0.05, 0.1) is 10.6 Å². The second-order valence-corrected chi connectivity index (χ2v) is 6.55. The van der Waals surface area contributed by atoms with E-state index in [9.17, 15) is 19.7 Å². The first-order chi connectivity index (χ1) is 12.5. The zero-order valence-electron chi connectivity index (χ0n) is 14.0. The van der Waals surface area contributed by atoms with Crippen molar-refractivity contribution >= 4 is 28.9 Å². The van der Waals surface area contributed by atoms with Crippen LogP contribution in [0.1, 0.15) is 34.3 Å². The summed E-state index contributed by atoms with van der Waals surface area (Å²) in [5.74, 6) is -0.229. The normalized spacial score (nSPS) is 15.4. The topological polar surface area (TPSA) is 92.6 Å². The molecule has 2 heterocycles. The molecule has 1 N–H and O–H groups in total. The average molecular weight is 351 g/mol. The average Bonchev–Trinajstić information content (AvgIpc) is 2.64. The van der Waals surface area contributed by atoms with Crippen LogP contribution in [0, 0.1) is 10.1 Å². The van der Waals surface area contributed by atoms with Crippen molar-refractivity contribution in [2.24, 2.45) is 0 Å². The maximum atomic E-state index is 12.5. The summed E-state index contributed by atoms with van der Waals surface area (Å²) in [4.78, 5) is 36.8.